The molecule has 5 rings (SSSR count). The molecule has 2 aliphatic rings. The van der Waals surface area contributed by atoms with Crippen LogP contribution in [0.1, 0.15) is 45.7 Å². The molecule has 3 aromatic rings. The maximum absolute atomic E-state index is 15.2. The van der Waals surface area contributed by atoms with Gasteiger partial charge in [0.15, 0.2) is 0 Å². The average molecular weight is 652 g/mol. The van der Waals surface area contributed by atoms with Crippen LogP contribution in [0.2, 0.25) is 0 Å². The highest BCUT2D eigenvalue weighted by Crippen LogP contribution is 2.30. The third-order valence-electron chi connectivity index (χ3n) is 7.26. The number of cyclic esters (lactones) is 1. The molecule has 2 aromatic heterocycles. The van der Waals surface area contributed by atoms with Crippen LogP contribution in [0.4, 0.5) is 19.7 Å². The van der Waals surface area contributed by atoms with Crippen molar-refractivity contribution in [2.75, 3.05) is 31.6 Å². The summed E-state index contributed by atoms with van der Waals surface area (Å²) in [7, 11) is 1.66. The molecule has 0 radical (unpaired) electrons. The molecule has 0 spiro atoms. The first-order valence-corrected chi connectivity index (χ1v) is 15.3. The molecule has 4 heterocycles. The van der Waals surface area contributed by atoms with Crippen molar-refractivity contribution in [2.45, 2.75) is 64.4 Å². The van der Waals surface area contributed by atoms with Gasteiger partial charge in [-0.3, -0.25) is 25.0 Å². The lowest BCUT2D eigenvalue weighted by atomic mass is 10.1. The number of carbonyl (C=O) groups is 3. The van der Waals surface area contributed by atoms with E-state index in [4.69, 9.17) is 19.0 Å². The predicted octanol–water partition coefficient (Wildman–Crippen LogP) is 4.33. The van der Waals surface area contributed by atoms with Gasteiger partial charge in [0.25, 0.3) is 0 Å². The van der Waals surface area contributed by atoms with Crippen LogP contribution in [0, 0.1) is 5.82 Å². The van der Waals surface area contributed by atoms with E-state index in [9.17, 15) is 14.4 Å². The van der Waals surface area contributed by atoms with Gasteiger partial charge in [-0.05, 0) is 64.0 Å². The second-order valence-electron chi connectivity index (χ2n) is 12.2. The zero-order valence-corrected chi connectivity index (χ0v) is 26.7. The highest BCUT2D eigenvalue weighted by atomic mass is 19.1. The van der Waals surface area contributed by atoms with Crippen LogP contribution in [-0.4, -0.2) is 87.6 Å². The van der Waals surface area contributed by atoms with Gasteiger partial charge in [-0.15, -0.1) is 5.10 Å². The number of hydroxylamine groups is 1. The monoisotopic (exact) mass is 651 g/mol. The molecule has 2 atom stereocenters. The second kappa shape index (κ2) is 14.6. The maximum atomic E-state index is 15.2. The standard InChI is InChI=1S/C32H38FN7O7/c1-32(2,3)46-30(42)38(4)13-6-5-7-29(41)44-20-23-16-28(36-47-23)27-11-8-21(17-34-27)25-10-9-22(15-26(25)33)40-19-24(45-31(40)43)18-39-14-12-35-37-39/h8-12,14-17,23-24,36H,5-7,13,18-20H2,1-4H3/t23-,24-/m0/s1. The Balaban J connectivity index is 1.07. The molecular formula is C32H38FN7O7. The van der Waals surface area contributed by atoms with Crippen molar-refractivity contribution in [2.24, 2.45) is 0 Å². The number of carbonyl (C=O) groups excluding carboxylic acids is 3. The maximum Gasteiger partial charge on any atom is 0.414 e. The zero-order chi connectivity index (χ0) is 33.6. The smallest absolute Gasteiger partial charge is 0.414 e. The van der Waals surface area contributed by atoms with Gasteiger partial charge < -0.3 is 19.1 Å². The van der Waals surface area contributed by atoms with Gasteiger partial charge in [0, 0.05) is 43.5 Å². The molecule has 0 unspecified atom stereocenters. The van der Waals surface area contributed by atoms with E-state index in [1.807, 2.05) is 20.8 Å². The molecule has 14 nitrogen and oxygen atoms in total. The molecule has 2 amide bonds. The van der Waals surface area contributed by atoms with E-state index >= 15 is 4.39 Å². The Morgan fingerprint density at radius 2 is 2.02 bits per heavy atom. The minimum Gasteiger partial charge on any atom is -0.462 e. The molecule has 1 saturated heterocycles. The number of hydrogen-bond donors (Lipinski definition) is 1. The highest BCUT2D eigenvalue weighted by molar-refractivity contribution is 5.90. The van der Waals surface area contributed by atoms with E-state index in [1.165, 1.54) is 22.1 Å². The molecule has 0 aliphatic carbocycles. The minimum absolute atomic E-state index is 0.0224. The van der Waals surface area contributed by atoms with Crippen molar-refractivity contribution >= 4 is 29.5 Å². The Labute approximate surface area is 271 Å². The Bertz CT molecular complexity index is 1590. The molecule has 250 valence electrons. The van der Waals surface area contributed by atoms with E-state index in [2.05, 4.69) is 20.8 Å². The molecule has 1 N–H and O–H groups in total. The molecular weight excluding hydrogens is 613 g/mol. The molecule has 0 saturated carbocycles. The fraction of sp³-hybridized carbons (Fsp3) is 0.438. The third-order valence-corrected chi connectivity index (χ3v) is 7.26. The van der Waals surface area contributed by atoms with E-state index in [1.54, 1.807) is 54.5 Å². The zero-order valence-electron chi connectivity index (χ0n) is 26.7. The minimum atomic E-state index is -0.562. The van der Waals surface area contributed by atoms with Gasteiger partial charge in [-0.2, -0.15) is 0 Å². The Morgan fingerprint density at radius 1 is 1.19 bits per heavy atom. The summed E-state index contributed by atoms with van der Waals surface area (Å²) in [5, 5.41) is 7.63. The second-order valence-corrected chi connectivity index (χ2v) is 12.2. The fourth-order valence-electron chi connectivity index (χ4n) is 4.89. The van der Waals surface area contributed by atoms with Crippen molar-refractivity contribution < 1.29 is 37.8 Å². The van der Waals surface area contributed by atoms with Gasteiger partial charge in [-0.25, -0.2) is 18.7 Å². The van der Waals surface area contributed by atoms with Crippen molar-refractivity contribution in [1.82, 2.24) is 30.4 Å². The predicted molar refractivity (Wildman–Crippen MR) is 167 cm³/mol. The van der Waals surface area contributed by atoms with Crippen LogP contribution >= 0.6 is 0 Å². The van der Waals surface area contributed by atoms with E-state index in [-0.39, 0.29) is 25.5 Å². The Hall–Kier alpha value is -5.05. The molecule has 2 aliphatic heterocycles. The van der Waals surface area contributed by atoms with Gasteiger partial charge in [-0.1, -0.05) is 11.3 Å². The SMILES string of the molecule is CN(CCCCC(=O)OC[C@@H]1C=C(c2ccc(-c3ccc(N4C[C@H](Cn5ccnn5)OC4=O)cc3F)cn2)NO1)C(=O)OC(C)(C)C. The highest BCUT2D eigenvalue weighted by Gasteiger charge is 2.33. The van der Waals surface area contributed by atoms with Crippen LogP contribution < -0.4 is 10.4 Å². The first kappa shape index (κ1) is 33.3. The lowest BCUT2D eigenvalue weighted by Gasteiger charge is -2.24. The van der Waals surface area contributed by atoms with Crippen LogP contribution in [0.3, 0.4) is 0 Å². The number of aromatic nitrogens is 4. The van der Waals surface area contributed by atoms with Crippen molar-refractivity contribution in [3.8, 4) is 11.1 Å². The number of esters is 1. The molecule has 47 heavy (non-hydrogen) atoms. The number of halogens is 1. The molecule has 15 heteroatoms. The quantitative estimate of drug-likeness (QED) is 0.169. The topological polar surface area (TPSA) is 150 Å². The summed E-state index contributed by atoms with van der Waals surface area (Å²) in [6.07, 6.45) is 6.02. The molecule has 1 aromatic carbocycles. The summed E-state index contributed by atoms with van der Waals surface area (Å²) in [4.78, 5) is 49.5. The van der Waals surface area contributed by atoms with E-state index in [0.29, 0.717) is 54.1 Å². The summed E-state index contributed by atoms with van der Waals surface area (Å²) in [5.74, 6) is -0.873. The summed E-state index contributed by atoms with van der Waals surface area (Å²) >= 11 is 0. The summed E-state index contributed by atoms with van der Waals surface area (Å²) in [6, 6.07) is 8.01. The number of unbranched alkanes of at least 4 members (excludes halogenated alkanes) is 1. The number of amides is 2. The van der Waals surface area contributed by atoms with Crippen LogP contribution in [0.5, 0.6) is 0 Å². The molecule has 1 fully saturated rings. The van der Waals surface area contributed by atoms with Crippen molar-refractivity contribution in [3.63, 3.8) is 0 Å². The number of nitrogens with one attached hydrogen (secondary N) is 1. The number of ether oxygens (including phenoxy) is 3. The van der Waals surface area contributed by atoms with E-state index in [0.717, 1.165) is 0 Å². The number of benzene rings is 1. The third kappa shape index (κ3) is 9.03. The molecule has 0 bridgehead atoms. The van der Waals surface area contributed by atoms with Crippen molar-refractivity contribution in [3.05, 3.63) is 66.5 Å². The Kier molecular flexibility index (Phi) is 10.3. The fourth-order valence-corrected chi connectivity index (χ4v) is 4.89. The summed E-state index contributed by atoms with van der Waals surface area (Å²) < 4.78 is 32.8. The Morgan fingerprint density at radius 3 is 2.72 bits per heavy atom. The number of hydrogen-bond acceptors (Lipinski definition) is 11. The first-order chi connectivity index (χ1) is 22.4. The lowest BCUT2D eigenvalue weighted by molar-refractivity contribution is -0.147. The number of anilines is 1. The summed E-state index contributed by atoms with van der Waals surface area (Å²) in [6.45, 7) is 6.52. The van der Waals surface area contributed by atoms with Crippen LogP contribution in [0.15, 0.2) is 55.0 Å². The first-order valence-electron chi connectivity index (χ1n) is 15.3. The lowest BCUT2D eigenvalue weighted by Crippen LogP contribution is -2.34. The largest absolute Gasteiger partial charge is 0.462 e. The number of nitrogens with zero attached hydrogens (tertiary/aromatic N) is 6. The van der Waals surface area contributed by atoms with Gasteiger partial charge in [0.1, 0.15) is 30.2 Å². The van der Waals surface area contributed by atoms with Crippen LogP contribution in [-0.2, 0) is 30.4 Å². The van der Waals surface area contributed by atoms with Crippen molar-refractivity contribution in [1.29, 1.82) is 0 Å². The number of pyridine rings is 1. The van der Waals surface area contributed by atoms with Crippen LogP contribution in [0.25, 0.3) is 16.8 Å². The van der Waals surface area contributed by atoms with Gasteiger partial charge >= 0.3 is 18.2 Å². The normalized spacial score (nSPS) is 17.6. The number of rotatable bonds is 12. The summed E-state index contributed by atoms with van der Waals surface area (Å²) in [5.41, 5.74) is 4.64. The van der Waals surface area contributed by atoms with Gasteiger partial charge in [0.2, 0.25) is 0 Å². The average Bonchev–Trinajstić information content (AvgIpc) is 3.79. The van der Waals surface area contributed by atoms with Gasteiger partial charge in [0.05, 0.1) is 36.4 Å². The van der Waals surface area contributed by atoms with E-state index < -0.39 is 35.8 Å².